The van der Waals surface area contributed by atoms with E-state index >= 15 is 0 Å². The fourth-order valence-corrected chi connectivity index (χ4v) is 1.70. The maximum absolute atomic E-state index is 13.3. The molecular weight excluding hydrogens is 263 g/mol. The number of benzene rings is 1. The zero-order chi connectivity index (χ0) is 14.4. The Balaban J connectivity index is 1.81. The zero-order valence-electron chi connectivity index (χ0n) is 10.8. The number of hydrogen-bond donors (Lipinski definition) is 1. The topological polar surface area (TPSA) is 64.4 Å². The van der Waals surface area contributed by atoms with Gasteiger partial charge in [-0.1, -0.05) is 18.2 Å². The predicted octanol–water partition coefficient (Wildman–Crippen LogP) is 0.960. The lowest BCUT2D eigenvalue weighted by Gasteiger charge is -2.12. The molecule has 2 rings (SSSR count). The third-order valence-electron chi connectivity index (χ3n) is 2.69. The Labute approximate surface area is 115 Å². The monoisotopic (exact) mass is 278 g/mol. The highest BCUT2D eigenvalue weighted by molar-refractivity contribution is 5.16. The maximum Gasteiger partial charge on any atom is 0.266 e. The molecule has 0 aliphatic carbocycles. The van der Waals surface area contributed by atoms with Crippen molar-refractivity contribution >= 4 is 0 Å². The minimum Gasteiger partial charge on any atom is -0.389 e. The summed E-state index contributed by atoms with van der Waals surface area (Å²) in [6.07, 6.45) is 0.586. The van der Waals surface area contributed by atoms with E-state index in [2.05, 4.69) is 5.10 Å². The highest BCUT2D eigenvalue weighted by Crippen LogP contribution is 2.07. The molecule has 5 nitrogen and oxygen atoms in total. The predicted molar refractivity (Wildman–Crippen MR) is 70.6 cm³/mol. The summed E-state index contributed by atoms with van der Waals surface area (Å²) in [6.45, 7) is 0.106. The van der Waals surface area contributed by atoms with Crippen LogP contribution in [0.25, 0.3) is 0 Å². The van der Waals surface area contributed by atoms with Crippen molar-refractivity contribution in [3.05, 3.63) is 64.3 Å². The minimum atomic E-state index is -0.880. The summed E-state index contributed by atoms with van der Waals surface area (Å²) in [5, 5.41) is 13.6. The van der Waals surface area contributed by atoms with E-state index in [1.54, 1.807) is 18.2 Å². The largest absolute Gasteiger partial charge is 0.389 e. The van der Waals surface area contributed by atoms with E-state index < -0.39 is 6.10 Å². The molecule has 0 radical (unpaired) electrons. The fourth-order valence-electron chi connectivity index (χ4n) is 1.70. The van der Waals surface area contributed by atoms with Crippen LogP contribution in [0.3, 0.4) is 0 Å². The van der Waals surface area contributed by atoms with Gasteiger partial charge in [0, 0.05) is 17.8 Å². The van der Waals surface area contributed by atoms with Gasteiger partial charge in [0.2, 0.25) is 0 Å². The highest BCUT2D eigenvalue weighted by atomic mass is 19.1. The summed E-state index contributed by atoms with van der Waals surface area (Å²) in [7, 11) is 0. The van der Waals surface area contributed by atoms with Crippen LogP contribution >= 0.6 is 0 Å². The van der Waals surface area contributed by atoms with Gasteiger partial charge in [-0.15, -0.1) is 0 Å². The first-order valence-corrected chi connectivity index (χ1v) is 6.18. The van der Waals surface area contributed by atoms with Crippen LogP contribution in [-0.4, -0.2) is 27.6 Å². The van der Waals surface area contributed by atoms with Crippen LogP contribution in [0.2, 0.25) is 0 Å². The number of halogens is 1. The molecule has 106 valence electrons. The van der Waals surface area contributed by atoms with Crippen molar-refractivity contribution in [2.45, 2.75) is 19.3 Å². The Kier molecular flexibility index (Phi) is 4.97. The van der Waals surface area contributed by atoms with Gasteiger partial charge in [0.1, 0.15) is 5.82 Å². The molecule has 0 unspecified atom stereocenters. The van der Waals surface area contributed by atoms with Crippen molar-refractivity contribution in [3.8, 4) is 0 Å². The van der Waals surface area contributed by atoms with Gasteiger partial charge in [-0.3, -0.25) is 4.79 Å². The van der Waals surface area contributed by atoms with Gasteiger partial charge in [-0.2, -0.15) is 5.10 Å². The molecule has 1 atom stereocenters. The molecule has 0 saturated carbocycles. The second-order valence-corrected chi connectivity index (χ2v) is 4.30. The molecule has 20 heavy (non-hydrogen) atoms. The van der Waals surface area contributed by atoms with E-state index in [9.17, 15) is 14.3 Å². The number of ether oxygens (including phenoxy) is 1. The molecule has 6 heteroatoms. The first kappa shape index (κ1) is 14.4. The van der Waals surface area contributed by atoms with Gasteiger partial charge in [0.15, 0.2) is 0 Å². The second kappa shape index (κ2) is 6.93. The van der Waals surface area contributed by atoms with Crippen molar-refractivity contribution in [1.82, 2.24) is 9.78 Å². The molecule has 0 bridgehead atoms. The van der Waals surface area contributed by atoms with Crippen molar-refractivity contribution in [2.75, 3.05) is 6.61 Å². The summed E-state index contributed by atoms with van der Waals surface area (Å²) < 4.78 is 19.7. The van der Waals surface area contributed by atoms with Crippen molar-refractivity contribution < 1.29 is 14.2 Å². The summed E-state index contributed by atoms with van der Waals surface area (Å²) in [6, 6.07) is 9.17. The van der Waals surface area contributed by atoms with E-state index in [0.717, 1.165) is 4.68 Å². The van der Waals surface area contributed by atoms with E-state index in [1.807, 2.05) is 0 Å². The third-order valence-corrected chi connectivity index (χ3v) is 2.69. The molecule has 1 heterocycles. The standard InChI is InChI=1S/C14H15FN2O3/c15-13-5-2-1-4-11(13)9-20-10-12(18)8-17-14(19)6-3-7-16-17/h1-7,12,18H,8-10H2/t12-/m1/s1. The number of aliphatic hydroxyl groups is 1. The lowest BCUT2D eigenvalue weighted by Crippen LogP contribution is -2.30. The average molecular weight is 278 g/mol. The van der Waals surface area contributed by atoms with Crippen molar-refractivity contribution in [1.29, 1.82) is 0 Å². The molecule has 0 amide bonds. The summed E-state index contributed by atoms with van der Waals surface area (Å²) in [5.41, 5.74) is 0.135. The van der Waals surface area contributed by atoms with Gasteiger partial charge >= 0.3 is 0 Å². The van der Waals surface area contributed by atoms with Crippen molar-refractivity contribution in [2.24, 2.45) is 0 Å². The first-order chi connectivity index (χ1) is 9.66. The van der Waals surface area contributed by atoms with Crippen LogP contribution in [0.5, 0.6) is 0 Å². The SMILES string of the molecule is O=c1cccnn1C[C@@H](O)COCc1ccccc1F. The normalized spacial score (nSPS) is 12.3. The molecule has 1 N–H and O–H groups in total. The average Bonchev–Trinajstić information content (AvgIpc) is 2.43. The summed E-state index contributed by atoms with van der Waals surface area (Å²) in [5.74, 6) is -0.345. The van der Waals surface area contributed by atoms with Crippen LogP contribution in [0, 0.1) is 5.82 Å². The zero-order valence-corrected chi connectivity index (χ0v) is 10.8. The van der Waals surface area contributed by atoms with E-state index in [-0.39, 0.29) is 31.1 Å². The Morgan fingerprint density at radius 2 is 2.10 bits per heavy atom. The van der Waals surface area contributed by atoms with Crippen molar-refractivity contribution in [3.63, 3.8) is 0 Å². The lowest BCUT2D eigenvalue weighted by atomic mass is 10.2. The van der Waals surface area contributed by atoms with Crippen LogP contribution in [-0.2, 0) is 17.9 Å². The molecule has 0 saturated heterocycles. The van der Waals surface area contributed by atoms with E-state index in [4.69, 9.17) is 4.74 Å². The number of hydrogen-bond acceptors (Lipinski definition) is 4. The third kappa shape index (κ3) is 3.97. The Hall–Kier alpha value is -2.05. The highest BCUT2D eigenvalue weighted by Gasteiger charge is 2.08. The van der Waals surface area contributed by atoms with E-state index in [0.29, 0.717) is 5.56 Å². The Bertz CT molecular complexity index is 615. The van der Waals surface area contributed by atoms with Gasteiger partial charge in [-0.05, 0) is 12.1 Å². The van der Waals surface area contributed by atoms with Gasteiger partial charge in [0.05, 0.1) is 25.9 Å². The minimum absolute atomic E-state index is 0.00263. The Morgan fingerprint density at radius 1 is 1.30 bits per heavy atom. The molecular formula is C14H15FN2O3. The van der Waals surface area contributed by atoms with Crippen LogP contribution in [0.15, 0.2) is 47.4 Å². The molecule has 2 aromatic rings. The second-order valence-electron chi connectivity index (χ2n) is 4.30. The lowest BCUT2D eigenvalue weighted by molar-refractivity contribution is 0.0171. The Morgan fingerprint density at radius 3 is 2.85 bits per heavy atom. The quantitative estimate of drug-likeness (QED) is 0.855. The number of nitrogens with zero attached hydrogens (tertiary/aromatic N) is 2. The molecule has 0 fully saturated rings. The number of aliphatic hydroxyl groups excluding tert-OH is 1. The molecule has 1 aromatic carbocycles. The van der Waals surface area contributed by atoms with Crippen LogP contribution in [0.4, 0.5) is 4.39 Å². The van der Waals surface area contributed by atoms with E-state index in [1.165, 1.54) is 24.4 Å². The van der Waals surface area contributed by atoms with Gasteiger partial charge < -0.3 is 9.84 Å². The number of rotatable bonds is 6. The van der Waals surface area contributed by atoms with Gasteiger partial charge in [-0.25, -0.2) is 9.07 Å². The molecule has 0 aliphatic rings. The smallest absolute Gasteiger partial charge is 0.266 e. The maximum atomic E-state index is 13.3. The molecule has 0 aliphatic heterocycles. The van der Waals surface area contributed by atoms with Crippen LogP contribution in [0.1, 0.15) is 5.56 Å². The number of aromatic nitrogens is 2. The molecule has 1 aromatic heterocycles. The first-order valence-electron chi connectivity index (χ1n) is 6.18. The summed E-state index contributed by atoms with van der Waals surface area (Å²) in [4.78, 5) is 11.4. The fraction of sp³-hybridized carbons (Fsp3) is 0.286. The van der Waals surface area contributed by atoms with Gasteiger partial charge in [0.25, 0.3) is 5.56 Å². The van der Waals surface area contributed by atoms with Crippen LogP contribution < -0.4 is 5.56 Å². The molecule has 0 spiro atoms. The summed E-state index contributed by atoms with van der Waals surface area (Å²) >= 11 is 0.